The second kappa shape index (κ2) is 6.41. The molecule has 2 atom stereocenters. The van der Waals surface area contributed by atoms with Crippen LogP contribution in [0.5, 0.6) is 0 Å². The Morgan fingerprint density at radius 3 is 2.47 bits per heavy atom. The molecule has 1 fully saturated rings. The molecule has 1 rings (SSSR count). The molecule has 0 aromatic rings. The zero-order valence-electron chi connectivity index (χ0n) is 10.2. The fraction of sp³-hybridized carbons (Fsp3) is 1.00. The van der Waals surface area contributed by atoms with Gasteiger partial charge in [0, 0.05) is 17.6 Å². The summed E-state index contributed by atoms with van der Waals surface area (Å²) in [4.78, 5) is 0. The average molecular weight is 248 g/mol. The molecule has 1 nitrogen and oxygen atoms in total. The van der Waals surface area contributed by atoms with Crippen LogP contribution in [0.2, 0.25) is 0 Å². The zero-order chi connectivity index (χ0) is 11.3. The van der Waals surface area contributed by atoms with Gasteiger partial charge in [0.15, 0.2) is 0 Å². The lowest BCUT2D eigenvalue weighted by Gasteiger charge is -2.31. The van der Waals surface area contributed by atoms with Crippen LogP contribution in [-0.2, 0) is 4.74 Å². The Kier molecular flexibility index (Phi) is 5.86. The summed E-state index contributed by atoms with van der Waals surface area (Å²) in [6, 6.07) is 0. The highest BCUT2D eigenvalue weighted by Crippen LogP contribution is 2.36. The second-order valence-electron chi connectivity index (χ2n) is 4.58. The summed E-state index contributed by atoms with van der Waals surface area (Å²) in [7, 11) is 0. The molecule has 1 saturated heterocycles. The first-order valence-corrected chi connectivity index (χ1v) is 7.69. The number of thioether (sulfide) groups is 1. The Morgan fingerprint density at radius 1 is 1.40 bits per heavy atom. The molecule has 0 saturated carbocycles. The van der Waals surface area contributed by atoms with E-state index in [1.807, 2.05) is 0 Å². The van der Waals surface area contributed by atoms with E-state index in [9.17, 15) is 0 Å². The van der Waals surface area contributed by atoms with E-state index in [0.717, 1.165) is 12.4 Å². The van der Waals surface area contributed by atoms with Crippen LogP contribution in [0, 0.1) is 5.41 Å². The first-order valence-electron chi connectivity index (χ1n) is 6.01. The minimum Gasteiger partial charge on any atom is -0.377 e. The molecule has 0 aliphatic carbocycles. The van der Waals surface area contributed by atoms with Gasteiger partial charge < -0.3 is 4.74 Å². The third-order valence-electron chi connectivity index (χ3n) is 3.75. The Balaban J connectivity index is 2.39. The van der Waals surface area contributed by atoms with E-state index in [1.54, 1.807) is 0 Å². The Bertz CT molecular complexity index is 172. The summed E-state index contributed by atoms with van der Waals surface area (Å²) < 4.78 is 5.59. The summed E-state index contributed by atoms with van der Waals surface area (Å²) in [5.74, 6) is 2.25. The van der Waals surface area contributed by atoms with Gasteiger partial charge in [0.25, 0.3) is 0 Å². The molecule has 0 N–H and O–H groups in total. The van der Waals surface area contributed by atoms with Gasteiger partial charge in [-0.15, -0.1) is 0 Å². The highest BCUT2D eigenvalue weighted by molar-refractivity contribution is 8.00. The molecule has 0 amide bonds. The molecule has 0 bridgehead atoms. The Labute approximate surface area is 104 Å². The average Bonchev–Trinajstić information content (AvgIpc) is 2.67. The van der Waals surface area contributed by atoms with Crippen molar-refractivity contribution in [2.75, 3.05) is 18.1 Å². The normalized spacial score (nSPS) is 27.2. The molecule has 1 aliphatic heterocycles. The summed E-state index contributed by atoms with van der Waals surface area (Å²) in [6.45, 7) is 7.72. The lowest BCUT2D eigenvalue weighted by molar-refractivity contribution is 0.127. The van der Waals surface area contributed by atoms with Crippen molar-refractivity contribution >= 4 is 24.4 Å². The SMILES string of the molecule is CCC(CC)(CS)CSC1CCOC1C. The predicted molar refractivity (Wildman–Crippen MR) is 73.1 cm³/mol. The van der Waals surface area contributed by atoms with Crippen LogP contribution >= 0.6 is 24.4 Å². The van der Waals surface area contributed by atoms with Crippen LogP contribution in [0.25, 0.3) is 0 Å². The topological polar surface area (TPSA) is 9.23 Å². The van der Waals surface area contributed by atoms with Crippen molar-refractivity contribution in [1.29, 1.82) is 0 Å². The van der Waals surface area contributed by atoms with Gasteiger partial charge in [-0.25, -0.2) is 0 Å². The van der Waals surface area contributed by atoms with Crippen LogP contribution in [0.3, 0.4) is 0 Å². The highest BCUT2D eigenvalue weighted by atomic mass is 32.2. The monoisotopic (exact) mass is 248 g/mol. The first-order chi connectivity index (χ1) is 7.17. The molecular weight excluding hydrogens is 224 g/mol. The third kappa shape index (κ3) is 3.57. The van der Waals surface area contributed by atoms with Gasteiger partial charge in [0.2, 0.25) is 0 Å². The van der Waals surface area contributed by atoms with Crippen molar-refractivity contribution < 1.29 is 4.74 Å². The summed E-state index contributed by atoms with van der Waals surface area (Å²) in [6.07, 6.45) is 4.15. The molecule has 2 unspecified atom stereocenters. The van der Waals surface area contributed by atoms with Crippen molar-refractivity contribution in [2.45, 2.75) is 51.4 Å². The maximum absolute atomic E-state index is 5.59. The van der Waals surface area contributed by atoms with E-state index in [0.29, 0.717) is 16.8 Å². The van der Waals surface area contributed by atoms with E-state index < -0.39 is 0 Å². The summed E-state index contributed by atoms with van der Waals surface area (Å²) >= 11 is 6.61. The van der Waals surface area contributed by atoms with Crippen molar-refractivity contribution in [2.24, 2.45) is 5.41 Å². The molecule has 90 valence electrons. The molecular formula is C12H24OS2. The molecule has 1 heterocycles. The standard InChI is InChI=1S/C12H24OS2/c1-4-12(5-2,8-14)9-15-11-6-7-13-10(11)3/h10-11,14H,4-9H2,1-3H3. The molecule has 0 aromatic carbocycles. The predicted octanol–water partition coefficient (Wildman–Crippen LogP) is 3.63. The minimum atomic E-state index is 0.441. The van der Waals surface area contributed by atoms with Gasteiger partial charge in [-0.2, -0.15) is 24.4 Å². The van der Waals surface area contributed by atoms with Crippen molar-refractivity contribution in [3.63, 3.8) is 0 Å². The number of rotatable bonds is 6. The Morgan fingerprint density at radius 2 is 2.07 bits per heavy atom. The first kappa shape index (κ1) is 13.7. The van der Waals surface area contributed by atoms with Crippen LogP contribution in [0.4, 0.5) is 0 Å². The Hall–Kier alpha value is 0.660. The number of hydrogen-bond acceptors (Lipinski definition) is 3. The quantitative estimate of drug-likeness (QED) is 0.719. The largest absolute Gasteiger partial charge is 0.377 e. The number of ether oxygens (including phenoxy) is 1. The molecule has 3 heteroatoms. The van der Waals surface area contributed by atoms with E-state index >= 15 is 0 Å². The molecule has 0 radical (unpaired) electrons. The highest BCUT2D eigenvalue weighted by Gasteiger charge is 2.30. The van der Waals surface area contributed by atoms with E-state index in [1.165, 1.54) is 25.0 Å². The molecule has 0 spiro atoms. The maximum Gasteiger partial charge on any atom is 0.0666 e. The van der Waals surface area contributed by atoms with Crippen LogP contribution in [0.15, 0.2) is 0 Å². The van der Waals surface area contributed by atoms with Gasteiger partial charge in [-0.1, -0.05) is 13.8 Å². The van der Waals surface area contributed by atoms with Crippen LogP contribution in [-0.4, -0.2) is 29.5 Å². The van der Waals surface area contributed by atoms with E-state index in [-0.39, 0.29) is 0 Å². The van der Waals surface area contributed by atoms with Gasteiger partial charge in [-0.3, -0.25) is 0 Å². The van der Waals surface area contributed by atoms with Gasteiger partial charge >= 0.3 is 0 Å². The van der Waals surface area contributed by atoms with Crippen molar-refractivity contribution in [1.82, 2.24) is 0 Å². The number of hydrogen-bond donors (Lipinski definition) is 1. The van der Waals surface area contributed by atoms with Crippen molar-refractivity contribution in [3.8, 4) is 0 Å². The summed E-state index contributed by atoms with van der Waals surface area (Å²) in [5, 5.41) is 0.711. The minimum absolute atomic E-state index is 0.441. The van der Waals surface area contributed by atoms with Gasteiger partial charge in [0.05, 0.1) is 6.10 Å². The fourth-order valence-electron chi connectivity index (χ4n) is 1.94. The van der Waals surface area contributed by atoms with Gasteiger partial charge in [0.1, 0.15) is 0 Å². The summed E-state index contributed by atoms with van der Waals surface area (Å²) in [5.41, 5.74) is 0.441. The molecule has 0 aromatic heterocycles. The maximum atomic E-state index is 5.59. The van der Waals surface area contributed by atoms with E-state index in [2.05, 4.69) is 45.2 Å². The smallest absolute Gasteiger partial charge is 0.0666 e. The van der Waals surface area contributed by atoms with E-state index in [4.69, 9.17) is 4.74 Å². The zero-order valence-corrected chi connectivity index (χ0v) is 11.9. The van der Waals surface area contributed by atoms with Crippen molar-refractivity contribution in [3.05, 3.63) is 0 Å². The molecule has 1 aliphatic rings. The van der Waals surface area contributed by atoms with Crippen LogP contribution < -0.4 is 0 Å². The van der Waals surface area contributed by atoms with Gasteiger partial charge in [-0.05, 0) is 37.4 Å². The lowest BCUT2D eigenvalue weighted by atomic mass is 9.87. The fourth-order valence-corrected chi connectivity index (χ4v) is 4.34. The second-order valence-corrected chi connectivity index (χ2v) is 6.12. The number of thiol groups is 1. The lowest BCUT2D eigenvalue weighted by Crippen LogP contribution is -2.26. The van der Waals surface area contributed by atoms with Crippen LogP contribution in [0.1, 0.15) is 40.0 Å². The third-order valence-corrected chi connectivity index (χ3v) is 6.24. The molecule has 15 heavy (non-hydrogen) atoms.